The van der Waals surface area contributed by atoms with Gasteiger partial charge in [0.2, 0.25) is 5.91 Å². The molecule has 0 bridgehead atoms. The molecule has 1 aliphatic rings. The van der Waals surface area contributed by atoms with E-state index in [-0.39, 0.29) is 23.0 Å². The number of thioether (sulfide) groups is 1. The molecule has 0 spiro atoms. The monoisotopic (exact) mass is 447 g/mol. The number of hydrogen-bond acceptors (Lipinski definition) is 7. The second-order valence-electron chi connectivity index (χ2n) is 6.83. The van der Waals surface area contributed by atoms with Crippen LogP contribution in [0.3, 0.4) is 0 Å². The summed E-state index contributed by atoms with van der Waals surface area (Å²) in [4.78, 5) is 24.9. The van der Waals surface area contributed by atoms with Gasteiger partial charge in [0.15, 0.2) is 0 Å². The van der Waals surface area contributed by atoms with Crippen LogP contribution in [-0.4, -0.2) is 24.2 Å². The molecular weight excluding hydrogens is 426 g/mol. The minimum Gasteiger partial charge on any atom is -0.494 e. The average Bonchev–Trinajstić information content (AvgIpc) is 2.82. The number of carbonyl (C=O) groups is 2. The Bertz CT molecular complexity index is 1100. The smallest absolute Gasteiger partial charge is 0.316 e. The van der Waals surface area contributed by atoms with Gasteiger partial charge in [-0.3, -0.25) is 9.59 Å². The fraction of sp³-hybridized carbons (Fsp3) is 0.250. The minimum atomic E-state index is -1.10. The van der Waals surface area contributed by atoms with Crippen molar-refractivity contribution in [2.75, 3.05) is 12.4 Å². The molecule has 32 heavy (non-hydrogen) atoms. The first kappa shape index (κ1) is 22.9. The van der Waals surface area contributed by atoms with E-state index in [1.807, 2.05) is 43.3 Å². The van der Waals surface area contributed by atoms with Crippen LogP contribution in [0.15, 0.2) is 65.2 Å². The van der Waals surface area contributed by atoms with E-state index >= 15 is 0 Å². The predicted octanol–water partition coefficient (Wildman–Crippen LogP) is 3.65. The van der Waals surface area contributed by atoms with Crippen molar-refractivity contribution in [3.8, 4) is 17.9 Å². The molecule has 0 aromatic heterocycles. The highest BCUT2D eigenvalue weighted by Crippen LogP contribution is 2.42. The Hall–Kier alpha value is -3.75. The molecule has 0 radical (unpaired) electrons. The lowest BCUT2D eigenvalue weighted by Gasteiger charge is -2.29. The van der Waals surface area contributed by atoms with Gasteiger partial charge in [0.05, 0.1) is 41.0 Å². The molecule has 3 rings (SSSR count). The van der Waals surface area contributed by atoms with Crippen molar-refractivity contribution in [2.45, 2.75) is 19.4 Å². The SMILES string of the molecule is CCOc1ccccc1C1C(C#N)=C(SCC(=O)OCc2ccccc2)NC(=O)C1C#N. The number of nitriles is 2. The third kappa shape index (κ3) is 5.29. The Kier molecular flexibility index (Phi) is 7.91. The third-order valence-corrected chi connectivity index (χ3v) is 5.79. The van der Waals surface area contributed by atoms with Gasteiger partial charge in [-0.2, -0.15) is 10.5 Å². The Morgan fingerprint density at radius 1 is 1.12 bits per heavy atom. The molecular formula is C24H21N3O4S. The number of hydrogen-bond donors (Lipinski definition) is 1. The fourth-order valence-corrected chi connectivity index (χ4v) is 4.20. The summed E-state index contributed by atoms with van der Waals surface area (Å²) in [6.45, 7) is 2.36. The number of nitrogens with zero attached hydrogens (tertiary/aromatic N) is 2. The molecule has 1 amide bonds. The summed E-state index contributed by atoms with van der Waals surface area (Å²) in [7, 11) is 0. The summed E-state index contributed by atoms with van der Waals surface area (Å²) in [5.41, 5.74) is 1.65. The zero-order chi connectivity index (χ0) is 22.9. The van der Waals surface area contributed by atoms with Gasteiger partial charge in [0.25, 0.3) is 0 Å². The van der Waals surface area contributed by atoms with Crippen LogP contribution in [-0.2, 0) is 20.9 Å². The molecule has 0 saturated heterocycles. The average molecular weight is 448 g/mol. The van der Waals surface area contributed by atoms with Crippen LogP contribution in [0, 0.1) is 28.6 Å². The van der Waals surface area contributed by atoms with Crippen molar-refractivity contribution in [1.29, 1.82) is 10.5 Å². The van der Waals surface area contributed by atoms with Crippen molar-refractivity contribution in [1.82, 2.24) is 5.32 Å². The van der Waals surface area contributed by atoms with Gasteiger partial charge < -0.3 is 14.8 Å². The van der Waals surface area contributed by atoms with E-state index < -0.39 is 23.7 Å². The molecule has 0 aliphatic carbocycles. The van der Waals surface area contributed by atoms with Crippen molar-refractivity contribution >= 4 is 23.6 Å². The number of rotatable bonds is 8. The number of benzene rings is 2. The lowest BCUT2D eigenvalue weighted by Crippen LogP contribution is -2.39. The van der Waals surface area contributed by atoms with Gasteiger partial charge in [-0.1, -0.05) is 60.3 Å². The van der Waals surface area contributed by atoms with Crippen molar-refractivity contribution < 1.29 is 19.1 Å². The number of carbonyl (C=O) groups excluding carboxylic acids is 2. The molecule has 1 heterocycles. The molecule has 1 aliphatic heterocycles. The molecule has 2 unspecified atom stereocenters. The quantitative estimate of drug-likeness (QED) is 0.615. The second kappa shape index (κ2) is 11.0. The lowest BCUT2D eigenvalue weighted by atomic mass is 9.79. The normalized spacial score (nSPS) is 17.7. The van der Waals surface area contributed by atoms with E-state index in [0.717, 1.165) is 17.3 Å². The molecule has 2 atom stereocenters. The number of allylic oxidation sites excluding steroid dienone is 1. The molecule has 0 fully saturated rings. The van der Waals surface area contributed by atoms with E-state index in [1.54, 1.807) is 24.3 Å². The largest absolute Gasteiger partial charge is 0.494 e. The Morgan fingerprint density at radius 3 is 2.53 bits per heavy atom. The van der Waals surface area contributed by atoms with Gasteiger partial charge in [-0.25, -0.2) is 0 Å². The number of nitrogens with one attached hydrogen (secondary N) is 1. The second-order valence-corrected chi connectivity index (χ2v) is 7.82. The molecule has 2 aromatic carbocycles. The predicted molar refractivity (Wildman–Crippen MR) is 119 cm³/mol. The number of esters is 1. The van der Waals surface area contributed by atoms with Gasteiger partial charge in [-0.15, -0.1) is 0 Å². The van der Waals surface area contributed by atoms with Crippen molar-refractivity contribution in [3.05, 3.63) is 76.3 Å². The highest BCUT2D eigenvalue weighted by Gasteiger charge is 2.40. The Morgan fingerprint density at radius 2 is 1.84 bits per heavy atom. The zero-order valence-electron chi connectivity index (χ0n) is 17.4. The zero-order valence-corrected chi connectivity index (χ0v) is 18.2. The van der Waals surface area contributed by atoms with E-state index in [1.165, 1.54) is 0 Å². The van der Waals surface area contributed by atoms with Gasteiger partial charge in [0, 0.05) is 5.56 Å². The summed E-state index contributed by atoms with van der Waals surface area (Å²) in [6, 6.07) is 20.4. The molecule has 1 N–H and O–H groups in total. The van der Waals surface area contributed by atoms with Crippen LogP contribution in [0.5, 0.6) is 5.75 Å². The minimum absolute atomic E-state index is 0.0926. The highest BCUT2D eigenvalue weighted by atomic mass is 32.2. The maximum Gasteiger partial charge on any atom is 0.316 e. The molecule has 2 aromatic rings. The standard InChI is InChI=1S/C24H21N3O4S/c1-2-30-20-11-7-6-10-17(20)22-18(12-25)23(29)27-24(19(22)13-26)32-15-21(28)31-14-16-8-4-3-5-9-16/h3-11,18,22H,2,14-15H2,1H3,(H,27,29). The Balaban J connectivity index is 1.83. The molecule has 7 nitrogen and oxygen atoms in total. The van der Waals surface area contributed by atoms with Gasteiger partial charge >= 0.3 is 5.97 Å². The van der Waals surface area contributed by atoms with E-state index in [2.05, 4.69) is 11.4 Å². The van der Waals surface area contributed by atoms with Gasteiger partial charge in [-0.05, 0) is 18.6 Å². The maximum absolute atomic E-state index is 12.7. The molecule has 8 heteroatoms. The maximum atomic E-state index is 12.7. The highest BCUT2D eigenvalue weighted by molar-refractivity contribution is 8.03. The first-order chi connectivity index (χ1) is 15.6. The van der Waals surface area contributed by atoms with Gasteiger partial charge in [0.1, 0.15) is 18.3 Å². The van der Waals surface area contributed by atoms with Crippen LogP contribution >= 0.6 is 11.8 Å². The fourth-order valence-electron chi connectivity index (χ4n) is 3.35. The van der Waals surface area contributed by atoms with Crippen LogP contribution in [0.2, 0.25) is 0 Å². The first-order valence-corrected chi connectivity index (χ1v) is 11.0. The summed E-state index contributed by atoms with van der Waals surface area (Å²) in [6.07, 6.45) is 0. The summed E-state index contributed by atoms with van der Waals surface area (Å²) in [5, 5.41) is 22.4. The summed E-state index contributed by atoms with van der Waals surface area (Å²) in [5.74, 6) is -2.49. The lowest BCUT2D eigenvalue weighted by molar-refractivity contribution is -0.141. The van der Waals surface area contributed by atoms with Crippen molar-refractivity contribution in [2.24, 2.45) is 5.92 Å². The van der Waals surface area contributed by atoms with E-state index in [4.69, 9.17) is 9.47 Å². The van der Waals surface area contributed by atoms with Crippen LogP contribution < -0.4 is 10.1 Å². The van der Waals surface area contributed by atoms with Crippen LogP contribution in [0.4, 0.5) is 0 Å². The first-order valence-electron chi connectivity index (χ1n) is 9.97. The topological polar surface area (TPSA) is 112 Å². The molecule has 162 valence electrons. The van der Waals surface area contributed by atoms with Crippen molar-refractivity contribution in [3.63, 3.8) is 0 Å². The Labute approximate surface area is 190 Å². The third-order valence-electron chi connectivity index (χ3n) is 4.80. The van der Waals surface area contributed by atoms with E-state index in [9.17, 15) is 20.1 Å². The van der Waals surface area contributed by atoms with E-state index in [0.29, 0.717) is 17.9 Å². The molecule has 0 saturated carbocycles. The number of amides is 1. The summed E-state index contributed by atoms with van der Waals surface area (Å²) >= 11 is 1.01. The van der Waals surface area contributed by atoms with Crippen LogP contribution in [0.25, 0.3) is 0 Å². The van der Waals surface area contributed by atoms with Crippen LogP contribution in [0.1, 0.15) is 24.0 Å². The number of ether oxygens (including phenoxy) is 2. The number of para-hydroxylation sites is 1. The summed E-state index contributed by atoms with van der Waals surface area (Å²) < 4.78 is 10.9.